The molecule has 2 heteroatoms. The van der Waals surface area contributed by atoms with Crippen LogP contribution in [-0.2, 0) is 0 Å². The van der Waals surface area contributed by atoms with E-state index in [1.165, 1.54) is 44.3 Å². The van der Waals surface area contributed by atoms with Crippen molar-refractivity contribution in [2.24, 2.45) is 5.92 Å². The van der Waals surface area contributed by atoms with E-state index in [4.69, 9.17) is 0 Å². The summed E-state index contributed by atoms with van der Waals surface area (Å²) in [4.78, 5) is 0. The topological polar surface area (TPSA) is 20.2 Å². The third kappa shape index (κ3) is 2.90. The Hall–Kier alpha value is 0.310. The van der Waals surface area contributed by atoms with Crippen LogP contribution in [0.4, 0.5) is 0 Å². The highest BCUT2D eigenvalue weighted by Crippen LogP contribution is 2.35. The van der Waals surface area contributed by atoms with Crippen molar-refractivity contribution >= 4 is 11.8 Å². The first-order valence-electron chi connectivity index (χ1n) is 6.09. The van der Waals surface area contributed by atoms with E-state index in [0.29, 0.717) is 0 Å². The van der Waals surface area contributed by atoms with E-state index in [9.17, 15) is 5.11 Å². The van der Waals surface area contributed by atoms with Gasteiger partial charge in [-0.15, -0.1) is 0 Å². The third-order valence-corrected chi connectivity index (χ3v) is 5.06. The summed E-state index contributed by atoms with van der Waals surface area (Å²) in [6, 6.07) is 0. The van der Waals surface area contributed by atoms with Crippen LogP contribution in [0.1, 0.15) is 51.4 Å². The van der Waals surface area contributed by atoms with Gasteiger partial charge >= 0.3 is 0 Å². The van der Waals surface area contributed by atoms with E-state index in [2.05, 4.69) is 0 Å². The van der Waals surface area contributed by atoms with Crippen molar-refractivity contribution in [2.45, 2.75) is 57.0 Å². The molecule has 1 saturated carbocycles. The van der Waals surface area contributed by atoms with Crippen LogP contribution < -0.4 is 0 Å². The second kappa shape index (κ2) is 4.89. The maximum Gasteiger partial charge on any atom is 0.0745 e. The van der Waals surface area contributed by atoms with Crippen molar-refractivity contribution in [3.63, 3.8) is 0 Å². The summed E-state index contributed by atoms with van der Waals surface area (Å²) in [5, 5.41) is 10.2. The molecule has 1 saturated heterocycles. The Morgan fingerprint density at radius 1 is 1.21 bits per heavy atom. The zero-order valence-electron chi connectivity index (χ0n) is 9.00. The Balaban J connectivity index is 1.70. The first-order chi connectivity index (χ1) is 6.79. The van der Waals surface area contributed by atoms with Crippen molar-refractivity contribution in [1.29, 1.82) is 0 Å². The van der Waals surface area contributed by atoms with Crippen molar-refractivity contribution < 1.29 is 5.11 Å². The maximum atomic E-state index is 10.2. The van der Waals surface area contributed by atoms with Crippen LogP contribution in [0, 0.1) is 5.92 Å². The van der Waals surface area contributed by atoms with E-state index >= 15 is 0 Å². The lowest BCUT2D eigenvalue weighted by atomic mass is 9.83. The Bertz CT molecular complexity index is 169. The molecular weight excluding hydrogens is 192 g/mol. The molecule has 0 spiro atoms. The number of rotatable bonds is 3. The number of thioether (sulfide) groups is 1. The van der Waals surface area contributed by atoms with Crippen LogP contribution in [0.3, 0.4) is 0 Å². The molecule has 1 nitrogen and oxygen atoms in total. The summed E-state index contributed by atoms with van der Waals surface area (Å²) in [6.45, 7) is 0. The molecule has 1 heterocycles. The van der Waals surface area contributed by atoms with Gasteiger partial charge in [0.15, 0.2) is 0 Å². The molecule has 1 atom stereocenters. The monoisotopic (exact) mass is 214 g/mol. The largest absolute Gasteiger partial charge is 0.389 e. The summed E-state index contributed by atoms with van der Waals surface area (Å²) < 4.78 is 0. The van der Waals surface area contributed by atoms with Crippen LogP contribution in [0.5, 0.6) is 0 Å². The molecule has 2 fully saturated rings. The van der Waals surface area contributed by atoms with Gasteiger partial charge in [-0.1, -0.05) is 32.1 Å². The maximum absolute atomic E-state index is 10.2. The summed E-state index contributed by atoms with van der Waals surface area (Å²) in [7, 11) is 0. The average Bonchev–Trinajstić information content (AvgIpc) is 2.65. The van der Waals surface area contributed by atoms with Crippen LogP contribution in [0.2, 0.25) is 0 Å². The van der Waals surface area contributed by atoms with Crippen molar-refractivity contribution in [3.05, 3.63) is 0 Å². The first kappa shape index (κ1) is 10.8. The normalized spacial score (nSPS) is 34.9. The van der Waals surface area contributed by atoms with Gasteiger partial charge < -0.3 is 5.11 Å². The van der Waals surface area contributed by atoms with Gasteiger partial charge in [-0.2, -0.15) is 11.8 Å². The summed E-state index contributed by atoms with van der Waals surface area (Å²) >= 11 is 1.92. The van der Waals surface area contributed by atoms with Crippen LogP contribution in [-0.4, -0.2) is 22.2 Å². The van der Waals surface area contributed by atoms with Crippen molar-refractivity contribution in [1.82, 2.24) is 0 Å². The van der Waals surface area contributed by atoms with Gasteiger partial charge in [-0.05, 0) is 30.9 Å². The van der Waals surface area contributed by atoms with Crippen LogP contribution in [0.25, 0.3) is 0 Å². The third-order valence-electron chi connectivity index (χ3n) is 3.83. The second-order valence-electron chi connectivity index (χ2n) is 5.07. The highest BCUT2D eigenvalue weighted by atomic mass is 32.2. The Morgan fingerprint density at radius 3 is 2.64 bits per heavy atom. The van der Waals surface area contributed by atoms with Crippen molar-refractivity contribution in [3.8, 4) is 0 Å². The molecule has 1 N–H and O–H groups in total. The Labute approximate surface area is 91.7 Å². The summed E-state index contributed by atoms with van der Waals surface area (Å²) in [6.07, 6.45) is 10.5. The molecule has 2 aliphatic rings. The fourth-order valence-electron chi connectivity index (χ4n) is 2.74. The predicted molar refractivity (Wildman–Crippen MR) is 62.7 cm³/mol. The van der Waals surface area contributed by atoms with E-state index in [0.717, 1.165) is 24.5 Å². The minimum absolute atomic E-state index is 0.290. The molecule has 1 aliphatic heterocycles. The number of hydrogen-bond acceptors (Lipinski definition) is 2. The fraction of sp³-hybridized carbons (Fsp3) is 1.00. The SMILES string of the molecule is OC1(CCC2CCCCC2)CCSC1. The molecule has 14 heavy (non-hydrogen) atoms. The minimum Gasteiger partial charge on any atom is -0.389 e. The zero-order chi connectivity index (χ0) is 9.86. The number of hydrogen-bond donors (Lipinski definition) is 1. The molecule has 0 radical (unpaired) electrons. The Morgan fingerprint density at radius 2 is 2.00 bits per heavy atom. The van der Waals surface area contributed by atoms with E-state index < -0.39 is 0 Å². The average molecular weight is 214 g/mol. The lowest BCUT2D eigenvalue weighted by Gasteiger charge is -2.26. The van der Waals surface area contributed by atoms with Gasteiger partial charge in [0.1, 0.15) is 0 Å². The fourth-order valence-corrected chi connectivity index (χ4v) is 4.08. The quantitative estimate of drug-likeness (QED) is 0.778. The lowest BCUT2D eigenvalue weighted by Crippen LogP contribution is -2.28. The Kier molecular flexibility index (Phi) is 3.78. The molecule has 2 rings (SSSR count). The first-order valence-corrected chi connectivity index (χ1v) is 7.24. The van der Waals surface area contributed by atoms with Gasteiger partial charge in [0.05, 0.1) is 5.60 Å². The van der Waals surface area contributed by atoms with E-state index in [-0.39, 0.29) is 5.60 Å². The standard InChI is InChI=1S/C12H22OS/c13-12(8-9-14-10-12)7-6-11-4-2-1-3-5-11/h11,13H,1-10H2. The van der Waals surface area contributed by atoms with Gasteiger partial charge in [0.25, 0.3) is 0 Å². The number of aliphatic hydroxyl groups is 1. The van der Waals surface area contributed by atoms with E-state index in [1.807, 2.05) is 11.8 Å². The van der Waals surface area contributed by atoms with Gasteiger partial charge in [0.2, 0.25) is 0 Å². The highest BCUT2D eigenvalue weighted by Gasteiger charge is 2.32. The molecule has 1 unspecified atom stereocenters. The summed E-state index contributed by atoms with van der Waals surface area (Å²) in [5.74, 6) is 3.08. The minimum atomic E-state index is -0.290. The van der Waals surface area contributed by atoms with Crippen LogP contribution in [0.15, 0.2) is 0 Å². The molecule has 82 valence electrons. The molecule has 0 aromatic rings. The molecule has 0 aromatic heterocycles. The zero-order valence-corrected chi connectivity index (χ0v) is 9.82. The highest BCUT2D eigenvalue weighted by molar-refractivity contribution is 7.99. The summed E-state index contributed by atoms with van der Waals surface area (Å²) in [5.41, 5.74) is -0.290. The molecule has 0 aromatic carbocycles. The predicted octanol–water partition coefficient (Wildman–Crippen LogP) is 3.21. The smallest absolute Gasteiger partial charge is 0.0745 e. The van der Waals surface area contributed by atoms with E-state index in [1.54, 1.807) is 0 Å². The van der Waals surface area contributed by atoms with Gasteiger partial charge in [-0.25, -0.2) is 0 Å². The van der Waals surface area contributed by atoms with Gasteiger partial charge in [0, 0.05) is 5.75 Å². The second-order valence-corrected chi connectivity index (χ2v) is 6.17. The molecular formula is C12H22OS. The van der Waals surface area contributed by atoms with Gasteiger partial charge in [-0.3, -0.25) is 0 Å². The van der Waals surface area contributed by atoms with Crippen LogP contribution >= 0.6 is 11.8 Å². The molecule has 1 aliphatic carbocycles. The molecule has 0 amide bonds. The van der Waals surface area contributed by atoms with Crippen molar-refractivity contribution in [2.75, 3.05) is 11.5 Å². The molecule has 0 bridgehead atoms. The lowest BCUT2D eigenvalue weighted by molar-refractivity contribution is 0.0498.